The molecule has 4 nitrogen and oxygen atoms in total. The molecule has 0 fully saturated rings. The zero-order valence-corrected chi connectivity index (χ0v) is 16.4. The molecule has 0 atom stereocenters. The van der Waals surface area contributed by atoms with Gasteiger partial charge in [-0.3, -0.25) is 0 Å². The lowest BCUT2D eigenvalue weighted by Crippen LogP contribution is -2.05. The van der Waals surface area contributed by atoms with Gasteiger partial charge in [0.1, 0.15) is 5.65 Å². The molecule has 0 amide bonds. The van der Waals surface area contributed by atoms with Crippen molar-refractivity contribution in [1.29, 1.82) is 0 Å². The van der Waals surface area contributed by atoms with Crippen LogP contribution in [0.5, 0.6) is 0 Å². The number of aromatic nitrogens is 2. The fourth-order valence-corrected chi connectivity index (χ4v) is 4.37. The van der Waals surface area contributed by atoms with Crippen molar-refractivity contribution < 1.29 is 21.6 Å². The third kappa shape index (κ3) is 3.27. The number of aromatic amines is 1. The van der Waals surface area contributed by atoms with Crippen LogP contribution in [0.2, 0.25) is 0 Å². The first-order chi connectivity index (χ1) is 13.6. The van der Waals surface area contributed by atoms with Gasteiger partial charge in [0.2, 0.25) is 0 Å². The largest absolute Gasteiger partial charge is 0.417 e. The SMILES string of the molecule is CCS(=O)(=O)c1cccc(-c2ccc(C)c3[nH]c4ncc(C(F)(F)F)cc4c23)c1. The van der Waals surface area contributed by atoms with E-state index in [2.05, 4.69) is 9.97 Å². The van der Waals surface area contributed by atoms with Gasteiger partial charge in [0.15, 0.2) is 9.84 Å². The predicted octanol–water partition coefficient (Wildman–Crippen LogP) is 5.50. The van der Waals surface area contributed by atoms with E-state index in [9.17, 15) is 21.6 Å². The Kier molecular flexibility index (Phi) is 4.42. The number of hydrogen-bond acceptors (Lipinski definition) is 3. The minimum Gasteiger partial charge on any atom is -0.339 e. The van der Waals surface area contributed by atoms with Crippen molar-refractivity contribution in [3.63, 3.8) is 0 Å². The summed E-state index contributed by atoms with van der Waals surface area (Å²) in [4.78, 5) is 7.23. The van der Waals surface area contributed by atoms with E-state index >= 15 is 0 Å². The fraction of sp³-hybridized carbons (Fsp3) is 0.190. The van der Waals surface area contributed by atoms with E-state index in [0.29, 0.717) is 33.1 Å². The van der Waals surface area contributed by atoms with E-state index < -0.39 is 21.6 Å². The van der Waals surface area contributed by atoms with Crippen LogP contribution < -0.4 is 0 Å². The molecule has 4 aromatic rings. The summed E-state index contributed by atoms with van der Waals surface area (Å²) in [7, 11) is -3.41. The molecule has 0 unspecified atom stereocenters. The molecule has 2 aromatic heterocycles. The third-order valence-electron chi connectivity index (χ3n) is 5.03. The molecular formula is C21H17F3N2O2S. The molecule has 2 heterocycles. The van der Waals surface area contributed by atoms with Crippen LogP contribution >= 0.6 is 0 Å². The Morgan fingerprint density at radius 1 is 1.10 bits per heavy atom. The second kappa shape index (κ2) is 6.59. The molecule has 8 heteroatoms. The monoisotopic (exact) mass is 418 g/mol. The lowest BCUT2D eigenvalue weighted by atomic mass is 9.97. The maximum absolute atomic E-state index is 13.2. The smallest absolute Gasteiger partial charge is 0.339 e. The Morgan fingerprint density at radius 3 is 2.55 bits per heavy atom. The van der Waals surface area contributed by atoms with Crippen molar-refractivity contribution in [2.75, 3.05) is 5.75 Å². The number of nitrogens with zero attached hydrogens (tertiary/aromatic N) is 1. The molecular weight excluding hydrogens is 401 g/mol. The van der Waals surface area contributed by atoms with Crippen LogP contribution in [-0.4, -0.2) is 24.1 Å². The van der Waals surface area contributed by atoms with Gasteiger partial charge in [0, 0.05) is 17.0 Å². The summed E-state index contributed by atoms with van der Waals surface area (Å²) >= 11 is 0. The number of alkyl halides is 3. The van der Waals surface area contributed by atoms with Crippen molar-refractivity contribution in [1.82, 2.24) is 9.97 Å². The normalized spacial score (nSPS) is 12.7. The van der Waals surface area contributed by atoms with Gasteiger partial charge in [-0.2, -0.15) is 13.2 Å². The fourth-order valence-electron chi connectivity index (χ4n) is 3.44. The molecule has 0 saturated heterocycles. The third-order valence-corrected chi connectivity index (χ3v) is 6.76. The van der Waals surface area contributed by atoms with Gasteiger partial charge < -0.3 is 4.98 Å². The van der Waals surface area contributed by atoms with E-state index in [1.165, 1.54) is 6.07 Å². The number of pyridine rings is 1. The first kappa shape index (κ1) is 19.4. The number of rotatable bonds is 3. The van der Waals surface area contributed by atoms with Gasteiger partial charge >= 0.3 is 6.18 Å². The number of hydrogen-bond donors (Lipinski definition) is 1. The second-order valence-corrected chi connectivity index (χ2v) is 9.13. The standard InChI is InChI=1S/C21H17F3N2O2S/c1-3-29(27,28)15-6-4-5-13(9-15)16-8-7-12(2)19-18(16)17-10-14(21(22,23)24)11-25-20(17)26-19/h4-11H,3H2,1-2H3,(H,25,26). The topological polar surface area (TPSA) is 62.8 Å². The van der Waals surface area contributed by atoms with Crippen molar-refractivity contribution in [3.05, 3.63) is 59.8 Å². The van der Waals surface area contributed by atoms with Gasteiger partial charge in [-0.25, -0.2) is 13.4 Å². The number of sulfone groups is 1. The van der Waals surface area contributed by atoms with Crippen LogP contribution in [0.1, 0.15) is 18.1 Å². The summed E-state index contributed by atoms with van der Waals surface area (Å²) in [5.74, 6) is -0.0360. The first-order valence-corrected chi connectivity index (χ1v) is 10.6. The van der Waals surface area contributed by atoms with Crippen LogP contribution in [-0.2, 0) is 16.0 Å². The van der Waals surface area contributed by atoms with E-state index in [-0.39, 0.29) is 10.6 Å². The summed E-state index contributed by atoms with van der Waals surface area (Å²) in [5, 5.41) is 0.932. The van der Waals surface area contributed by atoms with Crippen LogP contribution in [0.3, 0.4) is 0 Å². The molecule has 1 N–H and O–H groups in total. The Morgan fingerprint density at radius 2 is 1.86 bits per heavy atom. The van der Waals surface area contributed by atoms with Crippen LogP contribution in [0.4, 0.5) is 13.2 Å². The molecule has 0 radical (unpaired) electrons. The molecule has 2 aromatic carbocycles. The molecule has 4 rings (SSSR count). The molecule has 29 heavy (non-hydrogen) atoms. The van der Waals surface area contributed by atoms with Gasteiger partial charge in [-0.15, -0.1) is 0 Å². The van der Waals surface area contributed by atoms with Crippen LogP contribution in [0.15, 0.2) is 53.6 Å². The molecule has 0 aliphatic rings. The number of H-pyrrole nitrogens is 1. The Hall–Kier alpha value is -2.87. The minimum absolute atomic E-state index is 0.0360. The summed E-state index contributed by atoms with van der Waals surface area (Å²) in [6, 6.07) is 11.2. The summed E-state index contributed by atoms with van der Waals surface area (Å²) in [6.07, 6.45) is -3.70. The summed E-state index contributed by atoms with van der Waals surface area (Å²) in [6.45, 7) is 3.42. The molecule has 0 aliphatic heterocycles. The Bertz CT molecular complexity index is 1360. The first-order valence-electron chi connectivity index (χ1n) is 8.93. The zero-order valence-electron chi connectivity index (χ0n) is 15.6. The van der Waals surface area contributed by atoms with Gasteiger partial charge in [0.05, 0.1) is 21.7 Å². The van der Waals surface area contributed by atoms with Crippen molar-refractivity contribution >= 4 is 31.8 Å². The number of halogens is 3. The molecule has 0 bridgehead atoms. The highest BCUT2D eigenvalue weighted by Gasteiger charge is 2.31. The molecule has 0 saturated carbocycles. The van der Waals surface area contributed by atoms with E-state index in [1.54, 1.807) is 31.2 Å². The number of nitrogens with one attached hydrogen (secondary N) is 1. The average Bonchev–Trinajstić information content (AvgIpc) is 3.07. The van der Waals surface area contributed by atoms with E-state index in [1.807, 2.05) is 13.0 Å². The van der Waals surface area contributed by atoms with Gasteiger partial charge in [0.25, 0.3) is 0 Å². The van der Waals surface area contributed by atoms with Crippen molar-refractivity contribution in [2.45, 2.75) is 24.9 Å². The maximum atomic E-state index is 13.2. The van der Waals surface area contributed by atoms with Crippen molar-refractivity contribution in [2.24, 2.45) is 0 Å². The molecule has 150 valence electrons. The Labute approximate surface area is 165 Å². The van der Waals surface area contributed by atoms with Gasteiger partial charge in [-0.1, -0.05) is 31.2 Å². The Balaban J connectivity index is 2.06. The highest BCUT2D eigenvalue weighted by Crippen LogP contribution is 2.38. The van der Waals surface area contributed by atoms with Crippen LogP contribution in [0, 0.1) is 6.92 Å². The maximum Gasteiger partial charge on any atom is 0.417 e. The number of fused-ring (bicyclic) bond motifs is 3. The van der Waals surface area contributed by atoms with E-state index in [0.717, 1.165) is 17.8 Å². The average molecular weight is 418 g/mol. The lowest BCUT2D eigenvalue weighted by Gasteiger charge is -2.09. The number of aryl methyl sites for hydroxylation is 1. The summed E-state index contributed by atoms with van der Waals surface area (Å²) in [5.41, 5.74) is 2.30. The minimum atomic E-state index is -4.51. The van der Waals surface area contributed by atoms with Crippen molar-refractivity contribution in [3.8, 4) is 11.1 Å². The lowest BCUT2D eigenvalue weighted by molar-refractivity contribution is -0.137. The quantitative estimate of drug-likeness (QED) is 0.478. The molecule has 0 spiro atoms. The van der Waals surface area contributed by atoms with Crippen LogP contribution in [0.25, 0.3) is 33.1 Å². The number of benzene rings is 2. The second-order valence-electron chi connectivity index (χ2n) is 6.85. The van der Waals surface area contributed by atoms with E-state index in [4.69, 9.17) is 0 Å². The summed E-state index contributed by atoms with van der Waals surface area (Å²) < 4.78 is 64.3. The highest BCUT2D eigenvalue weighted by atomic mass is 32.2. The molecule has 0 aliphatic carbocycles. The highest BCUT2D eigenvalue weighted by molar-refractivity contribution is 7.91. The predicted molar refractivity (Wildman–Crippen MR) is 107 cm³/mol. The van der Waals surface area contributed by atoms with Gasteiger partial charge in [-0.05, 0) is 41.8 Å². The zero-order chi connectivity index (χ0) is 21.0.